The first-order valence-corrected chi connectivity index (χ1v) is 7.55. The maximum atomic E-state index is 9.46. The number of hydrogen-bond acceptors (Lipinski definition) is 2. The molecule has 20 heavy (non-hydrogen) atoms. The zero-order chi connectivity index (χ0) is 15.1. The van der Waals surface area contributed by atoms with Crippen LogP contribution in [-0.4, -0.2) is 34.2 Å². The fourth-order valence-electron chi connectivity index (χ4n) is 2.68. The van der Waals surface area contributed by atoms with Gasteiger partial charge in [0.1, 0.15) is 0 Å². The van der Waals surface area contributed by atoms with E-state index in [0.717, 1.165) is 31.7 Å². The summed E-state index contributed by atoms with van der Waals surface area (Å²) in [5, 5.41) is 9.46. The highest BCUT2D eigenvalue weighted by Gasteiger charge is 2.22. The van der Waals surface area contributed by atoms with Gasteiger partial charge in [0.15, 0.2) is 0 Å². The lowest BCUT2D eigenvalue weighted by molar-refractivity contribution is 0.118. The summed E-state index contributed by atoms with van der Waals surface area (Å²) in [5.74, 6) is 0. The van der Waals surface area contributed by atoms with E-state index in [1.54, 1.807) is 0 Å². The van der Waals surface area contributed by atoms with Gasteiger partial charge in [0.2, 0.25) is 0 Å². The molecule has 0 saturated carbocycles. The molecule has 0 spiro atoms. The molecular formula is C17H28N2O. The molecule has 0 aliphatic carbocycles. The number of aromatic nitrogens is 1. The zero-order valence-corrected chi connectivity index (χ0v) is 13.2. The Hall–Kier alpha value is -1.32. The van der Waals surface area contributed by atoms with Crippen LogP contribution in [0.1, 0.15) is 50.2 Å². The first kappa shape index (κ1) is 16.7. The number of β-amino-alcohol motifs (C(OH)–C–C–N with tert-alkyl or cyclic N) is 1. The van der Waals surface area contributed by atoms with E-state index < -0.39 is 0 Å². The second-order valence-corrected chi connectivity index (χ2v) is 4.95. The number of H-pyrrole nitrogens is 1. The molecule has 3 heteroatoms. The maximum absolute atomic E-state index is 9.46. The van der Waals surface area contributed by atoms with Gasteiger partial charge in [0.05, 0.1) is 6.10 Å². The van der Waals surface area contributed by atoms with Crippen molar-refractivity contribution >= 4 is 12.2 Å². The van der Waals surface area contributed by atoms with E-state index in [0.29, 0.717) is 0 Å². The second kappa shape index (κ2) is 8.08. The summed E-state index contributed by atoms with van der Waals surface area (Å²) < 4.78 is 0. The normalized spacial score (nSPS) is 16.4. The Bertz CT molecular complexity index is 458. The predicted molar refractivity (Wildman–Crippen MR) is 87.6 cm³/mol. The van der Waals surface area contributed by atoms with Crippen LogP contribution in [0.3, 0.4) is 0 Å². The van der Waals surface area contributed by atoms with Gasteiger partial charge in [-0.15, -0.1) is 0 Å². The first-order chi connectivity index (χ1) is 9.65. The van der Waals surface area contributed by atoms with E-state index in [2.05, 4.69) is 22.5 Å². The van der Waals surface area contributed by atoms with Crippen LogP contribution in [0.25, 0.3) is 12.2 Å². The van der Waals surface area contributed by atoms with Crippen LogP contribution < -0.4 is 0 Å². The Kier molecular flexibility index (Phi) is 6.76. The number of allylic oxidation sites excluding steroid dienone is 1. The second-order valence-electron chi connectivity index (χ2n) is 4.95. The molecule has 2 rings (SSSR count). The molecule has 0 aromatic carbocycles. The minimum absolute atomic E-state index is 0.268. The molecule has 2 N–H and O–H groups in total. The lowest BCUT2D eigenvalue weighted by atomic mass is 10.0. The SMILES string of the molecule is C=Cc1c(/C=C\C)[nH]c2c1CCN(CC(C)O)C2.CC. The fraction of sp³-hybridized carbons (Fsp3) is 0.529. The van der Waals surface area contributed by atoms with Crippen LogP contribution in [0.4, 0.5) is 0 Å². The van der Waals surface area contributed by atoms with Crippen LogP contribution in [0.5, 0.6) is 0 Å². The summed E-state index contributed by atoms with van der Waals surface area (Å²) in [6.45, 7) is 14.4. The van der Waals surface area contributed by atoms with E-state index in [-0.39, 0.29) is 6.10 Å². The van der Waals surface area contributed by atoms with Crippen molar-refractivity contribution in [1.29, 1.82) is 0 Å². The van der Waals surface area contributed by atoms with Gasteiger partial charge in [-0.3, -0.25) is 4.90 Å². The molecule has 0 bridgehead atoms. The molecular weight excluding hydrogens is 248 g/mol. The van der Waals surface area contributed by atoms with Crippen molar-refractivity contribution in [2.24, 2.45) is 0 Å². The van der Waals surface area contributed by atoms with Gasteiger partial charge in [-0.25, -0.2) is 0 Å². The maximum Gasteiger partial charge on any atom is 0.0639 e. The standard InChI is InChI=1S/C15H22N2O.C2H6/c1-4-6-14-12(5-2)13-7-8-17(9-11(3)18)10-15(13)16-14;1-2/h4-6,11,16,18H,2,7-10H2,1,3H3;1-2H3/b6-4-;. The average molecular weight is 276 g/mol. The predicted octanol–water partition coefficient (Wildman–Crippen LogP) is 3.46. The highest BCUT2D eigenvalue weighted by molar-refractivity contribution is 5.67. The highest BCUT2D eigenvalue weighted by atomic mass is 16.3. The van der Waals surface area contributed by atoms with Crippen molar-refractivity contribution in [3.63, 3.8) is 0 Å². The van der Waals surface area contributed by atoms with Crippen LogP contribution >= 0.6 is 0 Å². The van der Waals surface area contributed by atoms with Crippen molar-refractivity contribution in [3.05, 3.63) is 35.2 Å². The smallest absolute Gasteiger partial charge is 0.0639 e. The van der Waals surface area contributed by atoms with Gasteiger partial charge < -0.3 is 10.1 Å². The van der Waals surface area contributed by atoms with E-state index in [1.165, 1.54) is 16.8 Å². The molecule has 0 radical (unpaired) electrons. The highest BCUT2D eigenvalue weighted by Crippen LogP contribution is 2.27. The minimum atomic E-state index is -0.268. The number of nitrogens with zero attached hydrogens (tertiary/aromatic N) is 1. The van der Waals surface area contributed by atoms with Crippen molar-refractivity contribution < 1.29 is 5.11 Å². The molecule has 0 amide bonds. The van der Waals surface area contributed by atoms with E-state index >= 15 is 0 Å². The van der Waals surface area contributed by atoms with E-state index in [1.807, 2.05) is 39.8 Å². The van der Waals surface area contributed by atoms with Gasteiger partial charge in [0, 0.05) is 36.6 Å². The summed E-state index contributed by atoms with van der Waals surface area (Å²) in [5.41, 5.74) is 5.04. The third-order valence-electron chi connectivity index (χ3n) is 3.38. The molecule has 1 unspecified atom stereocenters. The zero-order valence-electron chi connectivity index (χ0n) is 13.2. The van der Waals surface area contributed by atoms with Crippen LogP contribution in [0.2, 0.25) is 0 Å². The number of fused-ring (bicyclic) bond motifs is 1. The number of aliphatic hydroxyl groups is 1. The quantitative estimate of drug-likeness (QED) is 0.884. The topological polar surface area (TPSA) is 39.3 Å². The number of hydrogen-bond donors (Lipinski definition) is 2. The average Bonchev–Trinajstić information content (AvgIpc) is 2.77. The number of aromatic amines is 1. The van der Waals surface area contributed by atoms with Gasteiger partial charge in [-0.1, -0.05) is 32.6 Å². The van der Waals surface area contributed by atoms with E-state index in [4.69, 9.17) is 0 Å². The van der Waals surface area contributed by atoms with Crippen LogP contribution in [0.15, 0.2) is 12.7 Å². The number of aliphatic hydroxyl groups excluding tert-OH is 1. The molecule has 1 aliphatic rings. The fourth-order valence-corrected chi connectivity index (χ4v) is 2.68. The molecule has 1 aromatic heterocycles. The summed E-state index contributed by atoms with van der Waals surface area (Å²) in [6, 6.07) is 0. The molecule has 112 valence electrons. The Morgan fingerprint density at radius 3 is 2.70 bits per heavy atom. The lowest BCUT2D eigenvalue weighted by Gasteiger charge is -2.28. The Morgan fingerprint density at radius 2 is 2.15 bits per heavy atom. The van der Waals surface area contributed by atoms with Crippen molar-refractivity contribution in [2.75, 3.05) is 13.1 Å². The van der Waals surface area contributed by atoms with Gasteiger partial charge in [0.25, 0.3) is 0 Å². The summed E-state index contributed by atoms with van der Waals surface area (Å²) in [7, 11) is 0. The monoisotopic (exact) mass is 276 g/mol. The van der Waals surface area contributed by atoms with Gasteiger partial charge in [-0.05, 0) is 31.9 Å². The Balaban J connectivity index is 0.000000956. The third kappa shape index (κ3) is 3.84. The largest absolute Gasteiger partial charge is 0.392 e. The number of nitrogens with one attached hydrogen (secondary N) is 1. The molecule has 1 aliphatic heterocycles. The summed E-state index contributed by atoms with van der Waals surface area (Å²) in [6.07, 6.45) is 6.83. The van der Waals surface area contributed by atoms with E-state index in [9.17, 15) is 5.11 Å². The van der Waals surface area contributed by atoms with Crippen molar-refractivity contribution in [3.8, 4) is 0 Å². The van der Waals surface area contributed by atoms with Crippen LogP contribution in [0, 0.1) is 0 Å². The molecule has 2 heterocycles. The minimum Gasteiger partial charge on any atom is -0.392 e. The third-order valence-corrected chi connectivity index (χ3v) is 3.38. The molecule has 1 atom stereocenters. The van der Waals surface area contributed by atoms with Crippen molar-refractivity contribution in [1.82, 2.24) is 9.88 Å². The van der Waals surface area contributed by atoms with Gasteiger partial charge in [-0.2, -0.15) is 0 Å². The molecule has 1 aromatic rings. The van der Waals surface area contributed by atoms with Crippen molar-refractivity contribution in [2.45, 2.75) is 46.8 Å². The Labute approximate surface area is 123 Å². The molecule has 0 saturated heterocycles. The molecule has 3 nitrogen and oxygen atoms in total. The summed E-state index contributed by atoms with van der Waals surface area (Å²) in [4.78, 5) is 5.76. The van der Waals surface area contributed by atoms with Crippen LogP contribution in [-0.2, 0) is 13.0 Å². The van der Waals surface area contributed by atoms with Gasteiger partial charge >= 0.3 is 0 Å². The number of rotatable bonds is 4. The lowest BCUT2D eigenvalue weighted by Crippen LogP contribution is -2.35. The first-order valence-electron chi connectivity index (χ1n) is 7.55. The Morgan fingerprint density at radius 1 is 1.45 bits per heavy atom. The molecule has 0 fully saturated rings. The summed E-state index contributed by atoms with van der Waals surface area (Å²) >= 11 is 0.